The van der Waals surface area contributed by atoms with Crippen LogP contribution < -0.4 is 14.4 Å². The monoisotopic (exact) mass is 443 g/mol. The Morgan fingerprint density at radius 3 is 2.28 bits per heavy atom. The summed E-state index contributed by atoms with van der Waals surface area (Å²) in [5.41, 5.74) is -0.331. The first kappa shape index (κ1) is 22.6. The molecule has 2 aromatic rings. The smallest absolute Gasteiger partial charge is 0.355 e. The van der Waals surface area contributed by atoms with Crippen LogP contribution in [0, 0.1) is 0 Å². The van der Waals surface area contributed by atoms with Gasteiger partial charge in [-0.15, -0.1) is 0 Å². The van der Waals surface area contributed by atoms with Crippen LogP contribution in [0.4, 0.5) is 5.69 Å². The number of para-hydroxylation sites is 2. The van der Waals surface area contributed by atoms with Crippen LogP contribution in [0.1, 0.15) is 10.4 Å². The van der Waals surface area contributed by atoms with Gasteiger partial charge in [-0.25, -0.2) is 14.4 Å². The van der Waals surface area contributed by atoms with Crippen LogP contribution in [-0.4, -0.2) is 57.7 Å². The highest BCUT2D eigenvalue weighted by molar-refractivity contribution is 6.05. The molecule has 0 radical (unpaired) electrons. The molecule has 3 rings (SSSR count). The number of nitrogens with zero attached hydrogens (tertiary/aromatic N) is 1. The van der Waals surface area contributed by atoms with Crippen molar-refractivity contribution in [1.82, 2.24) is 0 Å². The second-order valence-electron chi connectivity index (χ2n) is 6.45. The van der Waals surface area contributed by atoms with Gasteiger partial charge in [0.05, 0.1) is 44.8 Å². The lowest BCUT2D eigenvalue weighted by atomic mass is 10.1. The van der Waals surface area contributed by atoms with Crippen molar-refractivity contribution < 1.29 is 43.2 Å². The van der Waals surface area contributed by atoms with E-state index in [9.17, 15) is 19.5 Å². The Morgan fingerprint density at radius 2 is 1.66 bits per heavy atom. The number of anilines is 1. The number of hydrogen-bond donors (Lipinski definition) is 1. The Balaban J connectivity index is 2.07. The lowest BCUT2D eigenvalue weighted by Crippen LogP contribution is -2.39. The van der Waals surface area contributed by atoms with Crippen LogP contribution in [0.2, 0.25) is 0 Å². The van der Waals surface area contributed by atoms with Crippen LogP contribution in [0.15, 0.2) is 53.7 Å². The molecule has 0 aliphatic carbocycles. The van der Waals surface area contributed by atoms with Gasteiger partial charge < -0.3 is 33.7 Å². The Morgan fingerprint density at radius 1 is 0.969 bits per heavy atom. The molecule has 2 aromatic carbocycles. The van der Waals surface area contributed by atoms with Crippen molar-refractivity contribution in [2.24, 2.45) is 0 Å². The highest BCUT2D eigenvalue weighted by Crippen LogP contribution is 2.35. The maximum absolute atomic E-state index is 12.5. The second-order valence-corrected chi connectivity index (χ2v) is 6.45. The van der Waals surface area contributed by atoms with Gasteiger partial charge in [-0.05, 0) is 30.3 Å². The SMILES string of the molecule is COC(=O)C1=C(C(=O)OC)N(c2ccc(Oc3ccccc3OC)cc2C(=O)O)COC1. The molecular formula is C22H21NO9. The summed E-state index contributed by atoms with van der Waals surface area (Å²) in [4.78, 5) is 37.9. The largest absolute Gasteiger partial charge is 0.493 e. The summed E-state index contributed by atoms with van der Waals surface area (Å²) < 4.78 is 26.0. The third kappa shape index (κ3) is 4.49. The molecule has 10 nitrogen and oxygen atoms in total. The normalized spacial score (nSPS) is 13.4. The average Bonchev–Trinajstić information content (AvgIpc) is 2.82. The zero-order valence-corrected chi connectivity index (χ0v) is 17.6. The number of rotatable bonds is 7. The number of ether oxygens (including phenoxy) is 5. The van der Waals surface area contributed by atoms with Crippen LogP contribution in [0.25, 0.3) is 0 Å². The molecule has 10 heteroatoms. The van der Waals surface area contributed by atoms with Gasteiger partial charge in [0.25, 0.3) is 0 Å². The Bertz CT molecular complexity index is 1080. The van der Waals surface area contributed by atoms with Gasteiger partial charge >= 0.3 is 17.9 Å². The highest BCUT2D eigenvalue weighted by Gasteiger charge is 2.34. The Labute approximate surface area is 183 Å². The zero-order chi connectivity index (χ0) is 23.3. The van der Waals surface area contributed by atoms with Gasteiger partial charge in [-0.1, -0.05) is 12.1 Å². The minimum atomic E-state index is -1.28. The second kappa shape index (κ2) is 9.84. The van der Waals surface area contributed by atoms with E-state index in [4.69, 9.17) is 23.7 Å². The predicted octanol–water partition coefficient (Wildman–Crippen LogP) is 2.58. The number of carbonyl (C=O) groups excluding carboxylic acids is 2. The summed E-state index contributed by atoms with van der Waals surface area (Å²) in [6, 6.07) is 11.2. The molecule has 1 aliphatic rings. The minimum absolute atomic E-state index is 0.0868. The number of aromatic carboxylic acids is 1. The zero-order valence-electron chi connectivity index (χ0n) is 17.6. The maximum Gasteiger partial charge on any atom is 0.355 e. The van der Waals surface area contributed by atoms with Gasteiger partial charge in [-0.3, -0.25) is 0 Å². The van der Waals surface area contributed by atoms with Crippen molar-refractivity contribution >= 4 is 23.6 Å². The number of carboxylic acids is 1. The third-order valence-corrected chi connectivity index (χ3v) is 4.62. The molecule has 0 bridgehead atoms. The van der Waals surface area contributed by atoms with Crippen molar-refractivity contribution in [3.63, 3.8) is 0 Å². The van der Waals surface area contributed by atoms with E-state index in [2.05, 4.69) is 0 Å². The molecule has 0 saturated heterocycles. The number of esters is 2. The summed E-state index contributed by atoms with van der Waals surface area (Å²) in [7, 11) is 3.81. The summed E-state index contributed by atoms with van der Waals surface area (Å²) in [5, 5.41) is 9.82. The molecule has 0 amide bonds. The van der Waals surface area contributed by atoms with Gasteiger partial charge in [0, 0.05) is 0 Å². The van der Waals surface area contributed by atoms with Gasteiger partial charge in [0.1, 0.15) is 18.2 Å². The molecule has 0 aromatic heterocycles. The van der Waals surface area contributed by atoms with Gasteiger partial charge in [-0.2, -0.15) is 0 Å². The minimum Gasteiger partial charge on any atom is -0.493 e. The molecule has 0 atom stereocenters. The fourth-order valence-electron chi connectivity index (χ4n) is 3.15. The highest BCUT2D eigenvalue weighted by atomic mass is 16.5. The summed E-state index contributed by atoms with van der Waals surface area (Å²) in [5.74, 6) is -1.81. The quantitative estimate of drug-likeness (QED) is 0.639. The van der Waals surface area contributed by atoms with E-state index in [-0.39, 0.29) is 41.6 Å². The van der Waals surface area contributed by atoms with Crippen LogP contribution in [0.5, 0.6) is 17.2 Å². The Kier molecular flexibility index (Phi) is 6.96. The number of hydrogen-bond acceptors (Lipinski definition) is 9. The van der Waals surface area contributed by atoms with Crippen molar-refractivity contribution in [2.45, 2.75) is 0 Å². The summed E-state index contributed by atoms with van der Waals surface area (Å²) >= 11 is 0. The summed E-state index contributed by atoms with van der Waals surface area (Å²) in [6.07, 6.45) is 0. The molecule has 168 valence electrons. The van der Waals surface area contributed by atoms with Crippen molar-refractivity contribution in [1.29, 1.82) is 0 Å². The van der Waals surface area contributed by atoms with E-state index in [1.165, 1.54) is 30.2 Å². The number of carbonyl (C=O) groups is 3. The van der Waals surface area contributed by atoms with E-state index in [0.717, 1.165) is 14.2 Å². The third-order valence-electron chi connectivity index (χ3n) is 4.62. The average molecular weight is 443 g/mol. The van der Waals surface area contributed by atoms with E-state index in [1.54, 1.807) is 24.3 Å². The number of carboxylic acid groups (broad SMARTS) is 1. The molecule has 32 heavy (non-hydrogen) atoms. The van der Waals surface area contributed by atoms with E-state index in [1.807, 2.05) is 0 Å². The van der Waals surface area contributed by atoms with Crippen LogP contribution in [0.3, 0.4) is 0 Å². The lowest BCUT2D eigenvalue weighted by molar-refractivity contribution is -0.140. The first-order valence-electron chi connectivity index (χ1n) is 9.34. The van der Waals surface area contributed by atoms with Crippen molar-refractivity contribution in [3.8, 4) is 17.2 Å². The van der Waals surface area contributed by atoms with Gasteiger partial charge in [0.2, 0.25) is 0 Å². The molecule has 1 heterocycles. The fraction of sp³-hybridized carbons (Fsp3) is 0.227. The Hall–Kier alpha value is -4.05. The van der Waals surface area contributed by atoms with E-state index >= 15 is 0 Å². The molecule has 1 aliphatic heterocycles. The molecule has 0 saturated carbocycles. The molecule has 1 N–H and O–H groups in total. The van der Waals surface area contributed by atoms with Crippen molar-refractivity contribution in [3.05, 3.63) is 59.3 Å². The van der Waals surface area contributed by atoms with Crippen LogP contribution in [-0.2, 0) is 23.8 Å². The predicted molar refractivity (Wildman–Crippen MR) is 111 cm³/mol. The van der Waals surface area contributed by atoms with Crippen LogP contribution >= 0.6 is 0 Å². The molecular weight excluding hydrogens is 422 g/mol. The van der Waals surface area contributed by atoms with Gasteiger partial charge in [0.15, 0.2) is 11.5 Å². The molecule has 0 unspecified atom stereocenters. The first-order chi connectivity index (χ1) is 15.4. The number of methoxy groups -OCH3 is 3. The number of benzene rings is 2. The van der Waals surface area contributed by atoms with E-state index < -0.39 is 17.9 Å². The fourth-order valence-corrected chi connectivity index (χ4v) is 3.15. The van der Waals surface area contributed by atoms with E-state index in [0.29, 0.717) is 11.5 Å². The maximum atomic E-state index is 12.5. The molecule has 0 spiro atoms. The standard InChI is InChI=1S/C22H21NO9/c1-28-17-6-4-5-7-18(17)32-13-8-9-16(14(10-13)20(24)25)23-12-31-11-15(21(26)29-2)19(23)22(27)30-3/h4-10H,11-12H2,1-3H3,(H,24,25). The lowest BCUT2D eigenvalue weighted by Gasteiger charge is -2.32. The first-order valence-corrected chi connectivity index (χ1v) is 9.34. The molecule has 0 fully saturated rings. The van der Waals surface area contributed by atoms with Crippen molar-refractivity contribution in [2.75, 3.05) is 39.6 Å². The topological polar surface area (TPSA) is 121 Å². The summed E-state index contributed by atoms with van der Waals surface area (Å²) in [6.45, 7) is -0.372.